The summed E-state index contributed by atoms with van der Waals surface area (Å²) in [6.45, 7) is 1.29. The molecule has 4 rings (SSSR count). The normalized spacial score (nSPS) is 16.0. The third kappa shape index (κ3) is 4.42. The Kier molecular flexibility index (Phi) is 6.91. The van der Waals surface area contributed by atoms with Gasteiger partial charge in [-0.05, 0) is 60.5 Å². The van der Waals surface area contributed by atoms with E-state index in [9.17, 15) is 5.26 Å². The molecule has 1 unspecified atom stereocenters. The van der Waals surface area contributed by atoms with Gasteiger partial charge in [0.05, 0.1) is 32.4 Å². The number of hydrogen-bond acceptors (Lipinski definition) is 4. The van der Waals surface area contributed by atoms with Crippen molar-refractivity contribution in [2.45, 2.75) is 18.5 Å². The first kappa shape index (κ1) is 22.8. The minimum Gasteiger partial charge on any atom is -0.497 e. The van der Waals surface area contributed by atoms with Gasteiger partial charge in [-0.3, -0.25) is 4.57 Å². The molecule has 0 N–H and O–H groups in total. The Morgan fingerprint density at radius 2 is 1.33 bits per heavy atom. The fraction of sp³-hybridized carbons (Fsp3) is 0.269. The maximum absolute atomic E-state index is 15.3. The van der Waals surface area contributed by atoms with E-state index >= 15 is 4.57 Å². The molecule has 7 heteroatoms. The highest BCUT2D eigenvalue weighted by molar-refractivity contribution is 7.67. The molecule has 1 atom stereocenters. The highest BCUT2D eigenvalue weighted by Crippen LogP contribution is 2.68. The molecule has 1 fully saturated rings. The molecule has 3 aromatic carbocycles. The van der Waals surface area contributed by atoms with Gasteiger partial charge in [-0.1, -0.05) is 30.3 Å². The molecule has 1 aliphatic heterocycles. The number of anilines is 2. The molecule has 1 heterocycles. The largest absolute Gasteiger partial charge is 0.497 e. The number of rotatable bonds is 7. The van der Waals surface area contributed by atoms with Crippen molar-refractivity contribution in [1.29, 1.82) is 5.26 Å². The topological polar surface area (TPSA) is 65.8 Å². The summed E-state index contributed by atoms with van der Waals surface area (Å²) in [5, 5.41) is 9.75. The van der Waals surface area contributed by atoms with Crippen molar-refractivity contribution in [3.05, 3.63) is 84.4 Å². The monoisotopic (exact) mass is 461 g/mol. The SMILES string of the molecule is COc1ccc(N2CCCN(c3ccc(OC)cc3)P2(=O)C(CC#N)c2ccccc2)cc1. The zero-order chi connectivity index (χ0) is 23.3. The standard InChI is InChI=1S/C26H28N3O3P/c1-31-24-13-9-22(10-14-24)28-19-6-20-29(23-11-15-25(32-2)16-12-23)33(28,30)26(17-18-27)21-7-4-3-5-8-21/h3-5,7-16,26H,6,17,19-20H2,1-2H3. The third-order valence-corrected chi connectivity index (χ3v) is 9.59. The van der Waals surface area contributed by atoms with Gasteiger partial charge in [-0.15, -0.1) is 0 Å². The Bertz CT molecular complexity index is 1080. The first-order valence-electron chi connectivity index (χ1n) is 11.0. The van der Waals surface area contributed by atoms with Gasteiger partial charge in [-0.2, -0.15) is 5.26 Å². The predicted molar refractivity (Wildman–Crippen MR) is 132 cm³/mol. The fourth-order valence-electron chi connectivity index (χ4n) is 4.41. The maximum atomic E-state index is 15.3. The van der Waals surface area contributed by atoms with Crippen LogP contribution in [0.3, 0.4) is 0 Å². The molecule has 0 aromatic heterocycles. The lowest BCUT2D eigenvalue weighted by Crippen LogP contribution is -2.41. The van der Waals surface area contributed by atoms with E-state index in [0.717, 1.165) is 34.9 Å². The molecule has 1 aliphatic rings. The second-order valence-corrected chi connectivity index (χ2v) is 10.6. The molecule has 6 nitrogen and oxygen atoms in total. The van der Waals surface area contributed by atoms with E-state index in [0.29, 0.717) is 13.1 Å². The molecule has 0 aliphatic carbocycles. The van der Waals surface area contributed by atoms with Crippen LogP contribution in [0, 0.1) is 11.3 Å². The number of nitriles is 1. The van der Waals surface area contributed by atoms with E-state index in [2.05, 4.69) is 6.07 Å². The molecule has 0 saturated carbocycles. The molecule has 3 aromatic rings. The van der Waals surface area contributed by atoms with Gasteiger partial charge in [-0.25, -0.2) is 0 Å². The van der Waals surface area contributed by atoms with Crippen LogP contribution in [-0.4, -0.2) is 27.3 Å². The summed E-state index contributed by atoms with van der Waals surface area (Å²) in [4.78, 5) is 0. The van der Waals surface area contributed by atoms with Gasteiger partial charge in [0.25, 0.3) is 7.44 Å². The smallest absolute Gasteiger partial charge is 0.271 e. The van der Waals surface area contributed by atoms with Crippen LogP contribution >= 0.6 is 7.44 Å². The predicted octanol–water partition coefficient (Wildman–Crippen LogP) is 6.27. The van der Waals surface area contributed by atoms with Crippen molar-refractivity contribution in [1.82, 2.24) is 0 Å². The van der Waals surface area contributed by atoms with Crippen molar-refractivity contribution < 1.29 is 14.0 Å². The summed E-state index contributed by atoms with van der Waals surface area (Å²) in [7, 11) is -0.0517. The highest BCUT2D eigenvalue weighted by Gasteiger charge is 2.47. The Labute approximate surface area is 195 Å². The number of benzene rings is 3. The Morgan fingerprint density at radius 3 is 1.76 bits per heavy atom. The van der Waals surface area contributed by atoms with Gasteiger partial charge in [0.2, 0.25) is 0 Å². The summed E-state index contributed by atoms with van der Waals surface area (Å²) in [5.41, 5.74) is 2.15. The number of nitrogens with zero attached hydrogens (tertiary/aromatic N) is 3. The highest BCUT2D eigenvalue weighted by atomic mass is 31.2. The van der Waals surface area contributed by atoms with E-state index in [4.69, 9.17) is 9.47 Å². The van der Waals surface area contributed by atoms with E-state index in [1.165, 1.54) is 0 Å². The summed E-state index contributed by atoms with van der Waals surface area (Å²) in [5.74, 6) is 1.49. The van der Waals surface area contributed by atoms with Crippen molar-refractivity contribution in [2.24, 2.45) is 0 Å². The molecule has 33 heavy (non-hydrogen) atoms. The van der Waals surface area contributed by atoms with Crippen LogP contribution in [0.2, 0.25) is 0 Å². The minimum absolute atomic E-state index is 0.153. The van der Waals surface area contributed by atoms with Crippen LogP contribution in [0.15, 0.2) is 78.9 Å². The Hall–Kier alpha value is -3.42. The minimum atomic E-state index is -3.31. The lowest BCUT2D eigenvalue weighted by atomic mass is 10.1. The fourth-order valence-corrected chi connectivity index (χ4v) is 8.01. The van der Waals surface area contributed by atoms with Crippen LogP contribution in [-0.2, 0) is 4.57 Å². The number of hydrogen-bond donors (Lipinski definition) is 0. The van der Waals surface area contributed by atoms with Gasteiger partial charge >= 0.3 is 0 Å². The van der Waals surface area contributed by atoms with Crippen LogP contribution in [0.4, 0.5) is 11.4 Å². The number of ether oxygens (including phenoxy) is 2. The van der Waals surface area contributed by atoms with E-state index in [1.807, 2.05) is 88.2 Å². The maximum Gasteiger partial charge on any atom is 0.271 e. The van der Waals surface area contributed by atoms with Crippen molar-refractivity contribution >= 4 is 18.8 Å². The van der Waals surface area contributed by atoms with E-state index in [1.54, 1.807) is 14.2 Å². The number of methoxy groups -OCH3 is 2. The molecule has 1 saturated heterocycles. The van der Waals surface area contributed by atoms with Gasteiger partial charge < -0.3 is 18.8 Å². The lowest BCUT2D eigenvalue weighted by Gasteiger charge is -2.48. The Morgan fingerprint density at radius 1 is 0.848 bits per heavy atom. The molecule has 0 radical (unpaired) electrons. The first-order chi connectivity index (χ1) is 16.1. The zero-order valence-electron chi connectivity index (χ0n) is 18.9. The molecular formula is C26H28N3O3P. The summed E-state index contributed by atoms with van der Waals surface area (Å²) in [6, 6.07) is 27.3. The van der Waals surface area contributed by atoms with Crippen LogP contribution in [0.25, 0.3) is 0 Å². The molecule has 170 valence electrons. The van der Waals surface area contributed by atoms with Gasteiger partial charge in [0.1, 0.15) is 11.5 Å². The van der Waals surface area contributed by atoms with Crippen molar-refractivity contribution in [2.75, 3.05) is 36.6 Å². The average Bonchev–Trinajstić information content (AvgIpc) is 2.88. The van der Waals surface area contributed by atoms with Crippen molar-refractivity contribution in [3.63, 3.8) is 0 Å². The third-order valence-electron chi connectivity index (χ3n) is 6.05. The second-order valence-electron chi connectivity index (χ2n) is 7.87. The molecule has 0 bridgehead atoms. The molecule has 0 amide bonds. The Balaban J connectivity index is 1.87. The van der Waals surface area contributed by atoms with Gasteiger partial charge in [0.15, 0.2) is 0 Å². The average molecular weight is 462 g/mol. The molecular weight excluding hydrogens is 433 g/mol. The quantitative estimate of drug-likeness (QED) is 0.387. The lowest BCUT2D eigenvalue weighted by molar-refractivity contribution is 0.415. The van der Waals surface area contributed by atoms with E-state index < -0.39 is 13.1 Å². The zero-order valence-corrected chi connectivity index (χ0v) is 19.8. The van der Waals surface area contributed by atoms with Crippen LogP contribution in [0.1, 0.15) is 24.1 Å². The van der Waals surface area contributed by atoms with Crippen LogP contribution < -0.4 is 18.8 Å². The van der Waals surface area contributed by atoms with E-state index in [-0.39, 0.29) is 6.42 Å². The first-order valence-corrected chi connectivity index (χ1v) is 12.7. The van der Waals surface area contributed by atoms with Gasteiger partial charge in [0, 0.05) is 24.5 Å². The molecule has 0 spiro atoms. The van der Waals surface area contributed by atoms with Crippen LogP contribution in [0.5, 0.6) is 11.5 Å². The second kappa shape index (κ2) is 10.0. The summed E-state index contributed by atoms with van der Waals surface area (Å²) in [6.07, 6.45) is 0.997. The summed E-state index contributed by atoms with van der Waals surface area (Å²) < 4.78 is 30.0. The summed E-state index contributed by atoms with van der Waals surface area (Å²) >= 11 is 0. The van der Waals surface area contributed by atoms with Crippen molar-refractivity contribution in [3.8, 4) is 17.6 Å².